The maximum atomic E-state index is 12.3. The van der Waals surface area contributed by atoms with Gasteiger partial charge in [0, 0.05) is 6.54 Å². The fourth-order valence-electron chi connectivity index (χ4n) is 1.76. The number of hydrogen-bond acceptors (Lipinski definition) is 4. The number of halogens is 2. The molecule has 1 aromatic rings. The van der Waals surface area contributed by atoms with Gasteiger partial charge in [-0.05, 0) is 30.2 Å². The molecule has 7 heteroatoms. The first-order valence-corrected chi connectivity index (χ1v) is 7.04. The second-order valence-electron chi connectivity index (χ2n) is 4.57. The van der Waals surface area contributed by atoms with Crippen molar-refractivity contribution in [1.29, 1.82) is 5.26 Å². The van der Waals surface area contributed by atoms with Crippen molar-refractivity contribution in [1.82, 2.24) is 5.32 Å². The van der Waals surface area contributed by atoms with Crippen LogP contribution in [0, 0.1) is 11.3 Å². The summed E-state index contributed by atoms with van der Waals surface area (Å²) >= 11 is 0. The van der Waals surface area contributed by atoms with Crippen LogP contribution in [-0.4, -0.2) is 26.2 Å². The number of rotatable bonds is 8. The molecule has 0 aliphatic rings. The number of unbranched alkanes of at least 4 members (excludes halogenated alkanes) is 1. The lowest BCUT2D eigenvalue weighted by Gasteiger charge is -2.10. The Balaban J connectivity index is 2.96. The number of hydrogen-bond donors (Lipinski definition) is 1. The lowest BCUT2D eigenvalue weighted by molar-refractivity contribution is -0.117. The fourth-order valence-corrected chi connectivity index (χ4v) is 1.76. The van der Waals surface area contributed by atoms with Crippen LogP contribution in [0.1, 0.15) is 25.3 Å². The highest BCUT2D eigenvalue weighted by molar-refractivity contribution is 6.01. The number of methoxy groups -OCH3 is 1. The molecule has 0 atom stereocenters. The third-order valence-electron chi connectivity index (χ3n) is 2.90. The largest absolute Gasteiger partial charge is 0.493 e. The summed E-state index contributed by atoms with van der Waals surface area (Å²) in [7, 11) is 1.31. The van der Waals surface area contributed by atoms with E-state index in [0.717, 1.165) is 12.8 Å². The van der Waals surface area contributed by atoms with Crippen molar-refractivity contribution in [3.8, 4) is 17.6 Å². The highest BCUT2D eigenvalue weighted by Crippen LogP contribution is 2.30. The summed E-state index contributed by atoms with van der Waals surface area (Å²) in [4.78, 5) is 11.9. The number of carbonyl (C=O) groups is 1. The number of carbonyl (C=O) groups excluding carboxylic acids is 1. The minimum Gasteiger partial charge on any atom is -0.493 e. The highest BCUT2D eigenvalue weighted by atomic mass is 19.3. The zero-order valence-electron chi connectivity index (χ0n) is 12.9. The Kier molecular flexibility index (Phi) is 7.54. The van der Waals surface area contributed by atoms with Crippen LogP contribution >= 0.6 is 0 Å². The van der Waals surface area contributed by atoms with Crippen molar-refractivity contribution in [2.75, 3.05) is 13.7 Å². The van der Waals surface area contributed by atoms with E-state index in [-0.39, 0.29) is 17.1 Å². The van der Waals surface area contributed by atoms with Crippen LogP contribution in [0.3, 0.4) is 0 Å². The molecule has 0 saturated carbocycles. The van der Waals surface area contributed by atoms with E-state index in [1.807, 2.05) is 13.0 Å². The molecule has 1 amide bonds. The van der Waals surface area contributed by atoms with E-state index >= 15 is 0 Å². The molecule has 1 N–H and O–H groups in total. The van der Waals surface area contributed by atoms with E-state index in [0.29, 0.717) is 12.1 Å². The van der Waals surface area contributed by atoms with Crippen molar-refractivity contribution in [3.05, 3.63) is 29.3 Å². The first-order chi connectivity index (χ1) is 11.0. The van der Waals surface area contributed by atoms with Gasteiger partial charge in [0.25, 0.3) is 5.91 Å². The molecule has 0 unspecified atom stereocenters. The molecule has 0 aromatic heterocycles. The minimum absolute atomic E-state index is 0.0781. The lowest BCUT2D eigenvalue weighted by atomic mass is 10.1. The zero-order valence-corrected chi connectivity index (χ0v) is 12.9. The van der Waals surface area contributed by atoms with Crippen LogP contribution in [0.15, 0.2) is 23.8 Å². The van der Waals surface area contributed by atoms with Gasteiger partial charge in [-0.3, -0.25) is 4.79 Å². The highest BCUT2D eigenvalue weighted by Gasteiger charge is 2.12. The van der Waals surface area contributed by atoms with Crippen molar-refractivity contribution < 1.29 is 23.0 Å². The molecule has 0 saturated heterocycles. The molecule has 0 aliphatic heterocycles. The quantitative estimate of drug-likeness (QED) is 0.453. The summed E-state index contributed by atoms with van der Waals surface area (Å²) in [6.07, 6.45) is 3.10. The maximum absolute atomic E-state index is 12.3. The predicted octanol–water partition coefficient (Wildman–Crippen LogP) is 3.12. The first-order valence-electron chi connectivity index (χ1n) is 7.04. The van der Waals surface area contributed by atoms with Gasteiger partial charge in [-0.2, -0.15) is 14.0 Å². The van der Waals surface area contributed by atoms with E-state index < -0.39 is 12.5 Å². The third kappa shape index (κ3) is 5.94. The Hall–Kier alpha value is -2.62. The van der Waals surface area contributed by atoms with E-state index in [1.54, 1.807) is 0 Å². The summed E-state index contributed by atoms with van der Waals surface area (Å²) in [6, 6.07) is 5.98. The maximum Gasteiger partial charge on any atom is 0.387 e. The summed E-state index contributed by atoms with van der Waals surface area (Å²) in [5.74, 6) is -0.513. The van der Waals surface area contributed by atoms with E-state index in [2.05, 4.69) is 10.1 Å². The SMILES string of the molecule is CCCCNC(=O)C(C#N)=Cc1ccc(OC(F)F)c(OC)c1. The molecule has 0 bridgehead atoms. The van der Waals surface area contributed by atoms with Gasteiger partial charge >= 0.3 is 6.61 Å². The molecule has 0 heterocycles. The number of alkyl halides is 2. The molecule has 0 radical (unpaired) electrons. The average molecular weight is 324 g/mol. The second-order valence-corrected chi connectivity index (χ2v) is 4.57. The number of nitrogens with zero attached hydrogens (tertiary/aromatic N) is 1. The van der Waals surface area contributed by atoms with Crippen LogP contribution in [0.25, 0.3) is 6.08 Å². The normalized spacial score (nSPS) is 11.0. The predicted molar refractivity (Wildman–Crippen MR) is 81.1 cm³/mol. The number of benzene rings is 1. The van der Waals surface area contributed by atoms with Gasteiger partial charge < -0.3 is 14.8 Å². The average Bonchev–Trinajstić information content (AvgIpc) is 2.53. The van der Waals surface area contributed by atoms with E-state index in [1.165, 1.54) is 31.4 Å². The molecule has 0 aliphatic carbocycles. The standard InChI is InChI=1S/C16H18F2N2O3/c1-3-4-7-20-15(21)12(10-19)8-11-5-6-13(23-16(17)18)14(9-11)22-2/h5-6,8-9,16H,3-4,7H2,1-2H3,(H,20,21). The molecule has 5 nitrogen and oxygen atoms in total. The van der Waals surface area contributed by atoms with Gasteiger partial charge in [0.15, 0.2) is 11.5 Å². The lowest BCUT2D eigenvalue weighted by Crippen LogP contribution is -2.25. The van der Waals surface area contributed by atoms with Crippen molar-refractivity contribution in [2.45, 2.75) is 26.4 Å². The van der Waals surface area contributed by atoms with Crippen LogP contribution < -0.4 is 14.8 Å². The zero-order chi connectivity index (χ0) is 17.2. The minimum atomic E-state index is -2.97. The molecule has 0 spiro atoms. The molecule has 124 valence electrons. The molecule has 0 fully saturated rings. The Bertz CT molecular complexity index is 610. The topological polar surface area (TPSA) is 71.4 Å². The number of nitriles is 1. The molecular formula is C16H18F2N2O3. The first kappa shape index (κ1) is 18.4. The molecule has 1 rings (SSSR count). The smallest absolute Gasteiger partial charge is 0.387 e. The van der Waals surface area contributed by atoms with Crippen molar-refractivity contribution >= 4 is 12.0 Å². The second kappa shape index (κ2) is 9.41. The van der Waals surface area contributed by atoms with Crippen LogP contribution in [0.5, 0.6) is 11.5 Å². The number of amides is 1. The number of nitrogens with one attached hydrogen (secondary N) is 1. The molecular weight excluding hydrogens is 306 g/mol. The Morgan fingerprint density at radius 3 is 2.74 bits per heavy atom. The Morgan fingerprint density at radius 1 is 1.43 bits per heavy atom. The van der Waals surface area contributed by atoms with Crippen LogP contribution in [-0.2, 0) is 4.79 Å². The van der Waals surface area contributed by atoms with E-state index in [4.69, 9.17) is 10.00 Å². The van der Waals surface area contributed by atoms with Gasteiger partial charge in [-0.1, -0.05) is 19.4 Å². The van der Waals surface area contributed by atoms with Crippen molar-refractivity contribution in [3.63, 3.8) is 0 Å². The fraction of sp³-hybridized carbons (Fsp3) is 0.375. The van der Waals surface area contributed by atoms with Crippen LogP contribution in [0.4, 0.5) is 8.78 Å². The van der Waals surface area contributed by atoms with Crippen molar-refractivity contribution in [2.24, 2.45) is 0 Å². The van der Waals surface area contributed by atoms with Gasteiger partial charge in [0.1, 0.15) is 11.6 Å². The monoisotopic (exact) mass is 324 g/mol. The summed E-state index contributed by atoms with van der Waals surface area (Å²) in [6.45, 7) is -0.495. The molecule has 23 heavy (non-hydrogen) atoms. The summed E-state index contributed by atoms with van der Waals surface area (Å²) in [5.41, 5.74) is 0.386. The van der Waals surface area contributed by atoms with Gasteiger partial charge in [-0.25, -0.2) is 0 Å². The van der Waals surface area contributed by atoms with Gasteiger partial charge in [-0.15, -0.1) is 0 Å². The third-order valence-corrected chi connectivity index (χ3v) is 2.90. The number of ether oxygens (including phenoxy) is 2. The Morgan fingerprint density at radius 2 is 2.17 bits per heavy atom. The summed E-state index contributed by atoms with van der Waals surface area (Å²) in [5, 5.41) is 11.7. The molecule has 1 aromatic carbocycles. The summed E-state index contributed by atoms with van der Waals surface area (Å²) < 4.78 is 33.8. The van der Waals surface area contributed by atoms with Gasteiger partial charge in [0.2, 0.25) is 0 Å². The van der Waals surface area contributed by atoms with E-state index in [9.17, 15) is 13.6 Å². The van der Waals surface area contributed by atoms with Gasteiger partial charge in [0.05, 0.1) is 7.11 Å². The van der Waals surface area contributed by atoms with Crippen LogP contribution in [0.2, 0.25) is 0 Å². The Labute approximate surface area is 133 Å².